The Morgan fingerprint density at radius 2 is 1.76 bits per heavy atom. The Labute approximate surface area is 125 Å². The van der Waals surface area contributed by atoms with Crippen LogP contribution >= 0.6 is 0 Å². The summed E-state index contributed by atoms with van der Waals surface area (Å²) in [4.78, 5) is 38.0. The molecule has 0 bridgehead atoms. The summed E-state index contributed by atoms with van der Waals surface area (Å²) < 4.78 is 10.3. The van der Waals surface area contributed by atoms with Crippen LogP contribution in [0.3, 0.4) is 0 Å². The molecule has 1 saturated heterocycles. The third-order valence-electron chi connectivity index (χ3n) is 3.35. The van der Waals surface area contributed by atoms with E-state index in [4.69, 9.17) is 9.47 Å². The summed E-state index contributed by atoms with van der Waals surface area (Å²) in [7, 11) is 0. The quantitative estimate of drug-likeness (QED) is 0.732. The van der Waals surface area contributed by atoms with Crippen LogP contribution in [0.4, 0.5) is 4.79 Å². The highest BCUT2D eigenvalue weighted by Crippen LogP contribution is 2.43. The number of ether oxygens (including phenoxy) is 2. The molecule has 1 aliphatic heterocycles. The zero-order chi connectivity index (χ0) is 16.6. The largest absolute Gasteiger partial charge is 0.464 e. The van der Waals surface area contributed by atoms with Crippen molar-refractivity contribution < 1.29 is 23.9 Å². The second-order valence-corrected chi connectivity index (χ2v) is 7.18. The topological polar surface area (TPSA) is 72.9 Å². The lowest BCUT2D eigenvalue weighted by atomic mass is 9.84. The highest BCUT2D eigenvalue weighted by atomic mass is 16.6. The van der Waals surface area contributed by atoms with Crippen LogP contribution in [-0.4, -0.2) is 40.6 Å². The smallest absolute Gasteiger partial charge is 0.418 e. The summed E-state index contributed by atoms with van der Waals surface area (Å²) in [5, 5.41) is 0. The van der Waals surface area contributed by atoms with E-state index in [0.717, 1.165) is 4.90 Å². The summed E-state index contributed by atoms with van der Waals surface area (Å²) in [6.45, 7) is 11.9. The van der Waals surface area contributed by atoms with Crippen LogP contribution in [-0.2, 0) is 19.1 Å². The van der Waals surface area contributed by atoms with Crippen molar-refractivity contribution in [3.05, 3.63) is 0 Å². The Morgan fingerprint density at radius 1 is 1.24 bits per heavy atom. The third-order valence-corrected chi connectivity index (χ3v) is 3.35. The van der Waals surface area contributed by atoms with Crippen molar-refractivity contribution in [1.29, 1.82) is 0 Å². The van der Waals surface area contributed by atoms with Crippen LogP contribution in [0.25, 0.3) is 0 Å². The standard InChI is InChI=1S/C15H25NO5/c1-8-20-11(18)15(7)9-14(5,6)10(17)16(15)12(19)21-13(2,3)4/h8-9H2,1-7H3/t15-/m0/s1. The fourth-order valence-electron chi connectivity index (χ4n) is 2.58. The van der Waals surface area contributed by atoms with Gasteiger partial charge in [-0.15, -0.1) is 0 Å². The molecular formula is C15H25NO5. The molecular weight excluding hydrogens is 274 g/mol. The van der Waals surface area contributed by atoms with E-state index in [0.29, 0.717) is 0 Å². The first-order valence-corrected chi connectivity index (χ1v) is 7.10. The van der Waals surface area contributed by atoms with Crippen molar-refractivity contribution in [2.24, 2.45) is 5.41 Å². The van der Waals surface area contributed by atoms with Crippen molar-refractivity contribution in [3.8, 4) is 0 Å². The number of nitrogens with zero attached hydrogens (tertiary/aromatic N) is 1. The number of esters is 1. The second-order valence-electron chi connectivity index (χ2n) is 7.18. The summed E-state index contributed by atoms with van der Waals surface area (Å²) in [5.41, 5.74) is -2.91. The molecule has 1 heterocycles. The normalized spacial score (nSPS) is 24.9. The van der Waals surface area contributed by atoms with Gasteiger partial charge in [0.25, 0.3) is 0 Å². The molecule has 0 N–H and O–H groups in total. The van der Waals surface area contributed by atoms with Gasteiger partial charge in [-0.3, -0.25) is 4.79 Å². The van der Waals surface area contributed by atoms with Crippen molar-refractivity contribution in [1.82, 2.24) is 4.90 Å². The number of carbonyl (C=O) groups excluding carboxylic acids is 3. The fourth-order valence-corrected chi connectivity index (χ4v) is 2.58. The van der Waals surface area contributed by atoms with Gasteiger partial charge < -0.3 is 9.47 Å². The van der Waals surface area contributed by atoms with Gasteiger partial charge in [0.1, 0.15) is 11.1 Å². The molecule has 1 rings (SSSR count). The van der Waals surface area contributed by atoms with E-state index in [1.807, 2.05) is 0 Å². The average molecular weight is 299 g/mol. The number of imide groups is 1. The number of rotatable bonds is 2. The minimum absolute atomic E-state index is 0.186. The Hall–Kier alpha value is -1.59. The van der Waals surface area contributed by atoms with Crippen molar-refractivity contribution >= 4 is 18.0 Å². The highest BCUT2D eigenvalue weighted by Gasteiger charge is 2.60. The third kappa shape index (κ3) is 3.36. The Morgan fingerprint density at radius 3 is 2.19 bits per heavy atom. The molecule has 120 valence electrons. The first kappa shape index (κ1) is 17.5. The van der Waals surface area contributed by atoms with Gasteiger partial charge in [0, 0.05) is 5.41 Å². The van der Waals surface area contributed by atoms with Crippen LogP contribution in [0, 0.1) is 5.41 Å². The molecule has 0 spiro atoms. The molecule has 1 atom stereocenters. The van der Waals surface area contributed by atoms with E-state index < -0.39 is 34.5 Å². The van der Waals surface area contributed by atoms with E-state index in [1.54, 1.807) is 48.5 Å². The molecule has 6 nitrogen and oxygen atoms in total. The summed E-state index contributed by atoms with van der Waals surface area (Å²) in [6, 6.07) is 0. The van der Waals surface area contributed by atoms with Gasteiger partial charge in [-0.25, -0.2) is 14.5 Å². The summed E-state index contributed by atoms with van der Waals surface area (Å²) in [6.07, 6.45) is -0.606. The number of carbonyl (C=O) groups is 3. The minimum atomic E-state index is -1.33. The average Bonchev–Trinajstić information content (AvgIpc) is 2.44. The molecule has 2 amide bonds. The van der Waals surface area contributed by atoms with Crippen LogP contribution in [0.15, 0.2) is 0 Å². The number of hydrogen-bond acceptors (Lipinski definition) is 5. The molecule has 1 aliphatic rings. The van der Waals surface area contributed by atoms with Crippen molar-refractivity contribution in [3.63, 3.8) is 0 Å². The molecule has 0 radical (unpaired) electrons. The predicted octanol–water partition coefficient (Wildman–Crippen LogP) is 2.50. The van der Waals surface area contributed by atoms with E-state index in [9.17, 15) is 14.4 Å². The lowest BCUT2D eigenvalue weighted by Gasteiger charge is -2.32. The molecule has 6 heteroatoms. The Kier molecular flexibility index (Phi) is 4.42. The molecule has 0 aromatic rings. The maximum Gasteiger partial charge on any atom is 0.418 e. The molecule has 0 aliphatic carbocycles. The van der Waals surface area contributed by atoms with Gasteiger partial charge in [-0.2, -0.15) is 0 Å². The second kappa shape index (κ2) is 5.31. The van der Waals surface area contributed by atoms with Crippen LogP contribution < -0.4 is 0 Å². The first-order chi connectivity index (χ1) is 9.35. The number of hydrogen-bond donors (Lipinski definition) is 0. The van der Waals surface area contributed by atoms with Crippen LogP contribution in [0.2, 0.25) is 0 Å². The SMILES string of the molecule is CCOC(=O)[C@]1(C)CC(C)(C)C(=O)N1C(=O)OC(C)(C)C. The molecule has 0 aromatic carbocycles. The van der Waals surface area contributed by atoms with Crippen molar-refractivity contribution in [2.45, 2.75) is 66.0 Å². The lowest BCUT2D eigenvalue weighted by Crippen LogP contribution is -2.54. The molecule has 1 fully saturated rings. The van der Waals surface area contributed by atoms with Crippen LogP contribution in [0.5, 0.6) is 0 Å². The van der Waals surface area contributed by atoms with Gasteiger partial charge in [0.15, 0.2) is 0 Å². The van der Waals surface area contributed by atoms with Gasteiger partial charge in [-0.05, 0) is 41.0 Å². The Balaban J connectivity index is 3.19. The van der Waals surface area contributed by atoms with Gasteiger partial charge in [-0.1, -0.05) is 13.8 Å². The maximum atomic E-state index is 12.5. The number of amides is 2. The zero-order valence-corrected chi connectivity index (χ0v) is 13.9. The van der Waals surface area contributed by atoms with Crippen molar-refractivity contribution in [2.75, 3.05) is 6.61 Å². The fraction of sp³-hybridized carbons (Fsp3) is 0.800. The van der Waals surface area contributed by atoms with E-state index in [2.05, 4.69) is 0 Å². The van der Waals surface area contributed by atoms with E-state index in [1.165, 1.54) is 0 Å². The monoisotopic (exact) mass is 299 g/mol. The summed E-state index contributed by atoms with van der Waals surface area (Å²) >= 11 is 0. The van der Waals surface area contributed by atoms with Gasteiger partial charge in [0.2, 0.25) is 5.91 Å². The Bertz CT molecular complexity index is 463. The van der Waals surface area contributed by atoms with Gasteiger partial charge >= 0.3 is 12.1 Å². The zero-order valence-electron chi connectivity index (χ0n) is 13.9. The van der Waals surface area contributed by atoms with Crippen LogP contribution in [0.1, 0.15) is 54.9 Å². The van der Waals surface area contributed by atoms with E-state index >= 15 is 0 Å². The molecule has 0 saturated carbocycles. The first-order valence-electron chi connectivity index (χ1n) is 7.10. The minimum Gasteiger partial charge on any atom is -0.464 e. The highest BCUT2D eigenvalue weighted by molar-refractivity contribution is 6.04. The maximum absolute atomic E-state index is 12.5. The summed E-state index contributed by atoms with van der Waals surface area (Å²) in [5.74, 6) is -1.01. The van der Waals surface area contributed by atoms with E-state index in [-0.39, 0.29) is 13.0 Å². The van der Waals surface area contributed by atoms with Gasteiger partial charge in [0.05, 0.1) is 6.61 Å². The molecule has 21 heavy (non-hydrogen) atoms. The molecule has 0 unspecified atom stereocenters. The molecule has 0 aromatic heterocycles. The lowest BCUT2D eigenvalue weighted by molar-refractivity contribution is -0.157. The number of likely N-dealkylation sites (tertiary alicyclic amines) is 1. The predicted molar refractivity (Wildman–Crippen MR) is 76.5 cm³/mol.